The minimum absolute atomic E-state index is 0.0237. The number of hydrogen-bond acceptors (Lipinski definition) is 4. The fourth-order valence-corrected chi connectivity index (χ4v) is 1.71. The first-order chi connectivity index (χ1) is 9.97. The molecule has 1 N–H and O–H groups in total. The minimum Gasteiger partial charge on any atom is -0.377 e. The Labute approximate surface area is 125 Å². The molecule has 0 unspecified atom stereocenters. The Balaban J connectivity index is 2.72. The van der Waals surface area contributed by atoms with Gasteiger partial charge in [0.15, 0.2) is 11.6 Å². The van der Waals surface area contributed by atoms with Gasteiger partial charge in [-0.3, -0.25) is 4.79 Å². The van der Waals surface area contributed by atoms with Crippen LogP contribution in [0.2, 0.25) is 0 Å². The van der Waals surface area contributed by atoms with E-state index in [4.69, 9.17) is 4.74 Å². The van der Waals surface area contributed by atoms with Crippen LogP contribution in [-0.2, 0) is 4.74 Å². The van der Waals surface area contributed by atoms with Gasteiger partial charge in [-0.05, 0) is 26.3 Å². The first-order valence-electron chi connectivity index (χ1n) is 7.22. The van der Waals surface area contributed by atoms with E-state index in [1.54, 1.807) is 7.05 Å². The third-order valence-corrected chi connectivity index (χ3v) is 2.89. The molecule has 0 saturated heterocycles. The number of pyridine rings is 1. The molecule has 1 amide bonds. The highest BCUT2D eigenvalue weighted by Gasteiger charge is 2.19. The number of nitrogens with one attached hydrogen (secondary N) is 1. The number of aromatic nitrogens is 1. The molecule has 0 fully saturated rings. The second-order valence-electron chi connectivity index (χ2n) is 5.09. The minimum atomic E-state index is -0.604. The first-order valence-corrected chi connectivity index (χ1v) is 7.22. The average Bonchev–Trinajstić information content (AvgIpc) is 2.45. The Hall–Kier alpha value is -1.69. The fourth-order valence-electron chi connectivity index (χ4n) is 1.71. The lowest BCUT2D eigenvalue weighted by Gasteiger charge is -2.19. The van der Waals surface area contributed by atoms with Crippen molar-refractivity contribution in [3.05, 3.63) is 23.6 Å². The summed E-state index contributed by atoms with van der Waals surface area (Å²) in [6, 6.07) is 1.40. The summed E-state index contributed by atoms with van der Waals surface area (Å²) in [6.07, 6.45) is 2.40. The Morgan fingerprint density at radius 2 is 2.24 bits per heavy atom. The van der Waals surface area contributed by atoms with Crippen LogP contribution in [0.3, 0.4) is 0 Å². The Kier molecular flexibility index (Phi) is 7.08. The summed E-state index contributed by atoms with van der Waals surface area (Å²) >= 11 is 0. The molecule has 21 heavy (non-hydrogen) atoms. The third-order valence-electron chi connectivity index (χ3n) is 2.89. The highest BCUT2D eigenvalue weighted by atomic mass is 19.1. The number of nitrogens with zero attached hydrogens (tertiary/aromatic N) is 2. The molecule has 0 aliphatic heterocycles. The lowest BCUT2D eigenvalue weighted by molar-refractivity contribution is 0.0529. The molecular weight excluding hydrogens is 273 g/mol. The van der Waals surface area contributed by atoms with E-state index in [0.29, 0.717) is 19.7 Å². The Morgan fingerprint density at radius 1 is 1.52 bits per heavy atom. The van der Waals surface area contributed by atoms with Crippen molar-refractivity contribution in [2.75, 3.05) is 32.1 Å². The van der Waals surface area contributed by atoms with E-state index in [9.17, 15) is 9.18 Å². The van der Waals surface area contributed by atoms with Crippen LogP contribution in [0.1, 0.15) is 37.6 Å². The molecule has 0 atom stereocenters. The summed E-state index contributed by atoms with van der Waals surface area (Å²) in [5.74, 6) is -0.857. The summed E-state index contributed by atoms with van der Waals surface area (Å²) in [5.41, 5.74) is 0.0237. The van der Waals surface area contributed by atoms with E-state index < -0.39 is 5.82 Å². The van der Waals surface area contributed by atoms with Gasteiger partial charge in [0.25, 0.3) is 5.91 Å². The summed E-state index contributed by atoms with van der Waals surface area (Å²) < 4.78 is 19.6. The fraction of sp³-hybridized carbons (Fsp3) is 0.600. The molecule has 1 aromatic heterocycles. The quantitative estimate of drug-likeness (QED) is 0.801. The van der Waals surface area contributed by atoms with Gasteiger partial charge in [0.1, 0.15) is 0 Å². The lowest BCUT2D eigenvalue weighted by atomic mass is 10.2. The van der Waals surface area contributed by atoms with E-state index in [1.807, 2.05) is 20.8 Å². The third kappa shape index (κ3) is 5.30. The lowest BCUT2D eigenvalue weighted by Crippen LogP contribution is -2.31. The highest BCUT2D eigenvalue weighted by Crippen LogP contribution is 2.16. The Bertz CT molecular complexity index is 466. The number of rotatable bonds is 8. The van der Waals surface area contributed by atoms with Crippen LogP contribution in [0.15, 0.2) is 12.3 Å². The van der Waals surface area contributed by atoms with Crippen LogP contribution >= 0.6 is 0 Å². The number of amides is 1. The van der Waals surface area contributed by atoms with E-state index in [2.05, 4.69) is 10.3 Å². The molecular formula is C15H24FN3O2. The molecule has 0 aromatic carbocycles. The van der Waals surface area contributed by atoms with Crippen molar-refractivity contribution < 1.29 is 13.9 Å². The molecule has 0 bridgehead atoms. The molecule has 5 nitrogen and oxygen atoms in total. The van der Waals surface area contributed by atoms with Crippen molar-refractivity contribution in [2.45, 2.75) is 33.3 Å². The van der Waals surface area contributed by atoms with Crippen LogP contribution in [0.4, 0.5) is 10.2 Å². The van der Waals surface area contributed by atoms with Gasteiger partial charge in [0.2, 0.25) is 0 Å². The van der Waals surface area contributed by atoms with Gasteiger partial charge in [0.05, 0.1) is 18.3 Å². The number of anilines is 1. The van der Waals surface area contributed by atoms with Crippen LogP contribution in [0, 0.1) is 5.82 Å². The second-order valence-corrected chi connectivity index (χ2v) is 5.09. The van der Waals surface area contributed by atoms with Crippen molar-refractivity contribution in [1.29, 1.82) is 0 Å². The van der Waals surface area contributed by atoms with Crippen molar-refractivity contribution in [2.24, 2.45) is 0 Å². The normalized spacial score (nSPS) is 10.8. The maximum atomic E-state index is 14.3. The number of carbonyl (C=O) groups excluding carboxylic acids is 1. The van der Waals surface area contributed by atoms with Crippen molar-refractivity contribution in [1.82, 2.24) is 9.88 Å². The SMILES string of the molecule is CCCNc1nccc(C(=O)N(C)CCOC(C)C)c1F. The van der Waals surface area contributed by atoms with E-state index >= 15 is 0 Å². The van der Waals surface area contributed by atoms with Gasteiger partial charge in [-0.2, -0.15) is 0 Å². The van der Waals surface area contributed by atoms with Crippen LogP contribution in [-0.4, -0.2) is 48.6 Å². The summed E-state index contributed by atoms with van der Waals surface area (Å²) in [6.45, 7) is 7.28. The Morgan fingerprint density at radius 3 is 2.86 bits per heavy atom. The standard InChI is InChI=1S/C15H24FN3O2/c1-5-7-17-14-13(16)12(6-8-18-14)15(20)19(4)9-10-21-11(2)3/h6,8,11H,5,7,9-10H2,1-4H3,(H,17,18). The van der Waals surface area contributed by atoms with Gasteiger partial charge in [-0.1, -0.05) is 6.92 Å². The summed E-state index contributed by atoms with van der Waals surface area (Å²) in [5, 5.41) is 2.87. The zero-order valence-corrected chi connectivity index (χ0v) is 13.1. The molecule has 0 spiro atoms. The van der Waals surface area contributed by atoms with Crippen molar-refractivity contribution in [3.63, 3.8) is 0 Å². The first kappa shape index (κ1) is 17.4. The number of hydrogen-bond donors (Lipinski definition) is 1. The predicted molar refractivity (Wildman–Crippen MR) is 81.0 cm³/mol. The van der Waals surface area contributed by atoms with E-state index in [1.165, 1.54) is 17.2 Å². The maximum absolute atomic E-state index is 14.3. The topological polar surface area (TPSA) is 54.5 Å². The average molecular weight is 297 g/mol. The van der Waals surface area contributed by atoms with Crippen LogP contribution in [0.5, 0.6) is 0 Å². The predicted octanol–water partition coefficient (Wildman–Crippen LogP) is 2.54. The number of likely N-dealkylation sites (N-methyl/N-ethyl adjacent to an activating group) is 1. The van der Waals surface area contributed by atoms with Crippen LogP contribution < -0.4 is 5.32 Å². The molecule has 6 heteroatoms. The molecule has 0 aliphatic rings. The summed E-state index contributed by atoms with van der Waals surface area (Å²) in [4.78, 5) is 17.6. The molecule has 1 aromatic rings. The molecule has 0 saturated carbocycles. The largest absolute Gasteiger partial charge is 0.377 e. The van der Waals surface area contributed by atoms with Gasteiger partial charge < -0.3 is 15.0 Å². The van der Waals surface area contributed by atoms with Gasteiger partial charge in [0, 0.05) is 26.3 Å². The van der Waals surface area contributed by atoms with Gasteiger partial charge >= 0.3 is 0 Å². The molecule has 1 heterocycles. The van der Waals surface area contributed by atoms with Crippen molar-refractivity contribution in [3.8, 4) is 0 Å². The molecule has 118 valence electrons. The molecule has 0 aliphatic carbocycles. The number of carbonyl (C=O) groups is 1. The summed E-state index contributed by atoms with van der Waals surface area (Å²) in [7, 11) is 1.63. The van der Waals surface area contributed by atoms with Gasteiger partial charge in [-0.25, -0.2) is 9.37 Å². The van der Waals surface area contributed by atoms with Crippen molar-refractivity contribution >= 4 is 11.7 Å². The molecule has 1 rings (SSSR count). The van der Waals surface area contributed by atoms with Crippen LogP contribution in [0.25, 0.3) is 0 Å². The monoisotopic (exact) mass is 297 g/mol. The smallest absolute Gasteiger partial charge is 0.256 e. The van der Waals surface area contributed by atoms with Gasteiger partial charge in [-0.15, -0.1) is 0 Å². The zero-order valence-electron chi connectivity index (χ0n) is 13.1. The van der Waals surface area contributed by atoms with E-state index in [-0.39, 0.29) is 23.4 Å². The number of halogens is 1. The second kappa shape index (κ2) is 8.56. The zero-order chi connectivity index (χ0) is 15.8. The maximum Gasteiger partial charge on any atom is 0.256 e. The highest BCUT2D eigenvalue weighted by molar-refractivity contribution is 5.95. The molecule has 0 radical (unpaired) electrons. The number of ether oxygens (including phenoxy) is 1. The van der Waals surface area contributed by atoms with E-state index in [0.717, 1.165) is 6.42 Å².